The van der Waals surface area contributed by atoms with Crippen molar-refractivity contribution in [2.24, 2.45) is 0 Å². The van der Waals surface area contributed by atoms with Gasteiger partial charge in [0.25, 0.3) is 0 Å². The summed E-state index contributed by atoms with van der Waals surface area (Å²) in [7, 11) is 1.78. The third kappa shape index (κ3) is 7.66. The highest BCUT2D eigenvalue weighted by atomic mass is 16.5. The van der Waals surface area contributed by atoms with Crippen molar-refractivity contribution in [3.63, 3.8) is 0 Å². The van der Waals surface area contributed by atoms with Gasteiger partial charge < -0.3 is 26.0 Å². The van der Waals surface area contributed by atoms with Crippen LogP contribution in [0.4, 0.5) is 23.1 Å². The van der Waals surface area contributed by atoms with Gasteiger partial charge in [-0.1, -0.05) is 19.7 Å². The van der Waals surface area contributed by atoms with Crippen LogP contribution in [0.2, 0.25) is 0 Å². The van der Waals surface area contributed by atoms with Crippen molar-refractivity contribution in [2.75, 3.05) is 36.1 Å². The molecule has 172 valence electrons. The lowest BCUT2D eigenvalue weighted by Gasteiger charge is -2.20. The average Bonchev–Trinajstić information content (AvgIpc) is 2.82. The zero-order chi connectivity index (χ0) is 24.2. The van der Waals surface area contributed by atoms with E-state index >= 15 is 0 Å². The monoisotopic (exact) mass is 448 g/mol. The quantitative estimate of drug-likeness (QED) is 0.197. The second kappa shape index (κ2) is 12.5. The molecule has 1 aliphatic rings. The van der Waals surface area contributed by atoms with E-state index in [9.17, 15) is 4.79 Å². The summed E-state index contributed by atoms with van der Waals surface area (Å²) in [5.41, 5.74) is 3.38. The molecule has 4 N–H and O–H groups in total. The number of hydrogen-bond donors (Lipinski definition) is 4. The first kappa shape index (κ1) is 24.9. The summed E-state index contributed by atoms with van der Waals surface area (Å²) in [5, 5.41) is 12.4. The molecule has 2 aromatic rings. The molecule has 0 fully saturated rings. The lowest BCUT2D eigenvalue weighted by atomic mass is 10.2. The van der Waals surface area contributed by atoms with E-state index in [0.29, 0.717) is 35.9 Å². The molecule has 0 atom stereocenters. The minimum absolute atomic E-state index is 0.137. The molecule has 1 aromatic heterocycles. The molecule has 0 spiro atoms. The molecule has 2 heterocycles. The van der Waals surface area contributed by atoms with Gasteiger partial charge in [0.1, 0.15) is 24.5 Å². The van der Waals surface area contributed by atoms with Gasteiger partial charge in [-0.25, -0.2) is 4.98 Å². The number of benzene rings is 1. The fraction of sp³-hybridized carbons (Fsp3) is 0.167. The maximum absolute atomic E-state index is 12.0. The lowest BCUT2D eigenvalue weighted by molar-refractivity contribution is -0.104. The van der Waals surface area contributed by atoms with Crippen molar-refractivity contribution < 1.29 is 14.3 Å². The van der Waals surface area contributed by atoms with E-state index in [1.54, 1.807) is 19.2 Å². The van der Waals surface area contributed by atoms with Gasteiger partial charge in [0.15, 0.2) is 5.78 Å². The summed E-state index contributed by atoms with van der Waals surface area (Å²) in [4.78, 5) is 29.7. The third-order valence-corrected chi connectivity index (χ3v) is 4.26. The van der Waals surface area contributed by atoms with Gasteiger partial charge in [0, 0.05) is 36.9 Å². The number of carbonyl (C=O) groups is 2. The van der Waals surface area contributed by atoms with Crippen molar-refractivity contribution in [2.45, 2.75) is 6.92 Å². The van der Waals surface area contributed by atoms with Gasteiger partial charge in [-0.3, -0.25) is 9.59 Å². The van der Waals surface area contributed by atoms with E-state index in [4.69, 9.17) is 9.53 Å². The number of aromatic nitrogens is 2. The summed E-state index contributed by atoms with van der Waals surface area (Å²) in [5.74, 6) is 1.39. The first-order valence-electron chi connectivity index (χ1n) is 10.1. The number of fused-ring (bicyclic) bond motifs is 1. The summed E-state index contributed by atoms with van der Waals surface area (Å²) < 4.78 is 5.59. The minimum atomic E-state index is -0.137. The Morgan fingerprint density at radius 2 is 1.97 bits per heavy atom. The summed E-state index contributed by atoms with van der Waals surface area (Å²) in [6.45, 7) is 13.7. The Kier molecular flexibility index (Phi) is 9.38. The Morgan fingerprint density at radius 1 is 1.24 bits per heavy atom. The highest BCUT2D eigenvalue weighted by Crippen LogP contribution is 2.31. The van der Waals surface area contributed by atoms with Gasteiger partial charge in [-0.15, -0.1) is 0 Å². The maximum atomic E-state index is 12.0. The Balaban J connectivity index is 0.000000890. The van der Waals surface area contributed by atoms with Crippen LogP contribution in [0, 0.1) is 0 Å². The average molecular weight is 449 g/mol. The largest absolute Gasteiger partial charge is 0.490 e. The molecule has 0 aliphatic carbocycles. The van der Waals surface area contributed by atoms with Crippen molar-refractivity contribution in [1.82, 2.24) is 15.3 Å². The van der Waals surface area contributed by atoms with E-state index in [-0.39, 0.29) is 5.78 Å². The first-order chi connectivity index (χ1) is 15.9. The van der Waals surface area contributed by atoms with E-state index in [1.807, 2.05) is 18.2 Å². The zero-order valence-electron chi connectivity index (χ0n) is 18.8. The van der Waals surface area contributed by atoms with Crippen LogP contribution in [0.1, 0.15) is 17.3 Å². The molecule has 0 unspecified atom stereocenters. The molecule has 0 radical (unpaired) electrons. The van der Waals surface area contributed by atoms with Crippen LogP contribution in [-0.2, 0) is 4.79 Å². The minimum Gasteiger partial charge on any atom is -0.490 e. The van der Waals surface area contributed by atoms with Crippen LogP contribution >= 0.6 is 0 Å². The lowest BCUT2D eigenvalue weighted by Crippen LogP contribution is -2.18. The molecule has 0 saturated heterocycles. The predicted octanol–water partition coefficient (Wildman–Crippen LogP) is 3.81. The fourth-order valence-electron chi connectivity index (χ4n) is 2.62. The summed E-state index contributed by atoms with van der Waals surface area (Å²) in [6, 6.07) is 5.66. The van der Waals surface area contributed by atoms with Crippen LogP contribution in [0.25, 0.3) is 0 Å². The Labute approximate surface area is 193 Å². The number of Topliss-reactive ketones (excluding diaryl/α,β-unsaturated/α-hetero) is 1. The Bertz CT molecular complexity index is 1070. The number of allylic oxidation sites excluding steroid dienone is 3. The summed E-state index contributed by atoms with van der Waals surface area (Å²) in [6.07, 6.45) is 6.85. The topological polar surface area (TPSA) is 117 Å². The third-order valence-electron chi connectivity index (χ3n) is 4.26. The highest BCUT2D eigenvalue weighted by molar-refractivity contribution is 5.99. The number of nitrogens with one attached hydrogen (secondary N) is 4. The van der Waals surface area contributed by atoms with Gasteiger partial charge in [0.05, 0.1) is 11.3 Å². The van der Waals surface area contributed by atoms with Crippen molar-refractivity contribution in [3.05, 3.63) is 79.3 Å². The second-order valence-corrected chi connectivity index (χ2v) is 6.75. The molecular weight excluding hydrogens is 420 g/mol. The van der Waals surface area contributed by atoms with Crippen molar-refractivity contribution in [1.29, 1.82) is 0 Å². The maximum Gasteiger partial charge on any atom is 0.229 e. The molecule has 3 rings (SSSR count). The molecule has 0 bridgehead atoms. The molecule has 1 aliphatic heterocycles. The molecular formula is C24H28N6O3. The fourth-order valence-corrected chi connectivity index (χ4v) is 2.62. The number of likely N-dealkylation sites (N-methyl/N-ethyl adjacent to an activating group) is 1. The number of hydrogen-bond acceptors (Lipinski definition) is 9. The standard InChI is InChI=1S/C21H24N6O2.C3H4O/c1-13(22-4)5-6-14(2)25-21-24-12-17(15(3)28)20(27-21)26-16-7-8-19-18(11-16)23-9-10-29-19;1-2-3-4/h5-8,11-12,22-23H,1-2,9-10H2,3-4H3,(H2,24,25,26,27);2-3H,1H2/b6-5-;. The van der Waals surface area contributed by atoms with E-state index in [1.165, 1.54) is 19.2 Å². The van der Waals surface area contributed by atoms with Gasteiger partial charge in [-0.2, -0.15) is 4.98 Å². The number of anilines is 4. The molecule has 33 heavy (non-hydrogen) atoms. The number of nitrogens with zero attached hydrogens (tertiary/aromatic N) is 2. The van der Waals surface area contributed by atoms with Crippen molar-refractivity contribution in [3.8, 4) is 5.75 Å². The van der Waals surface area contributed by atoms with E-state index < -0.39 is 0 Å². The number of ether oxygens (including phenoxy) is 1. The van der Waals surface area contributed by atoms with Crippen molar-refractivity contribution >= 4 is 35.2 Å². The normalized spacial score (nSPS) is 11.5. The second-order valence-electron chi connectivity index (χ2n) is 6.75. The number of aldehydes is 1. The number of ketones is 1. The first-order valence-corrected chi connectivity index (χ1v) is 10.1. The van der Waals surface area contributed by atoms with Crippen LogP contribution in [-0.4, -0.2) is 42.2 Å². The van der Waals surface area contributed by atoms with Gasteiger partial charge in [0.2, 0.25) is 5.95 Å². The highest BCUT2D eigenvalue weighted by Gasteiger charge is 2.14. The van der Waals surface area contributed by atoms with Crippen LogP contribution < -0.4 is 26.0 Å². The van der Waals surface area contributed by atoms with E-state index in [0.717, 1.165) is 29.4 Å². The summed E-state index contributed by atoms with van der Waals surface area (Å²) >= 11 is 0. The van der Waals surface area contributed by atoms with Crippen LogP contribution in [0.5, 0.6) is 5.75 Å². The van der Waals surface area contributed by atoms with Gasteiger partial charge in [-0.05, 0) is 43.4 Å². The molecule has 0 amide bonds. The Morgan fingerprint density at radius 3 is 2.64 bits per heavy atom. The number of rotatable bonds is 9. The number of carbonyl (C=O) groups excluding carboxylic acids is 2. The molecule has 0 saturated carbocycles. The van der Waals surface area contributed by atoms with Crippen LogP contribution in [0.3, 0.4) is 0 Å². The molecule has 1 aromatic carbocycles. The molecule has 9 nitrogen and oxygen atoms in total. The SMILES string of the molecule is C=C(/C=C\C(=C)Nc1ncc(C(C)=O)c(Nc2ccc3c(c2)NCCO3)n1)NC.C=CC=O. The van der Waals surface area contributed by atoms with Crippen LogP contribution in [0.15, 0.2) is 73.8 Å². The molecule has 9 heteroatoms. The van der Waals surface area contributed by atoms with Gasteiger partial charge >= 0.3 is 0 Å². The Hall–Kier alpha value is -4.40. The smallest absolute Gasteiger partial charge is 0.229 e. The zero-order valence-corrected chi connectivity index (χ0v) is 18.8. The predicted molar refractivity (Wildman–Crippen MR) is 132 cm³/mol. The van der Waals surface area contributed by atoms with E-state index in [2.05, 4.69) is 51.0 Å².